The van der Waals surface area contributed by atoms with Crippen LogP contribution in [0.15, 0.2) is 71.4 Å². The molecule has 0 radical (unpaired) electrons. The fraction of sp³-hybridized carbons (Fsp3) is 0.0556. The Morgan fingerprint density at radius 3 is 2.50 bits per heavy atom. The zero-order valence-electron chi connectivity index (χ0n) is 11.8. The Hall–Kier alpha value is -2.59. The predicted molar refractivity (Wildman–Crippen MR) is 90.4 cm³/mol. The van der Waals surface area contributed by atoms with Crippen LogP contribution in [0.3, 0.4) is 0 Å². The fourth-order valence-corrected chi connectivity index (χ4v) is 3.45. The molecule has 4 rings (SSSR count). The maximum atomic E-state index is 13.0. The summed E-state index contributed by atoms with van der Waals surface area (Å²) >= 11 is 1.64. The Balaban J connectivity index is 1.87. The van der Waals surface area contributed by atoms with Crippen molar-refractivity contribution in [3.63, 3.8) is 0 Å². The lowest BCUT2D eigenvalue weighted by atomic mass is 10.0. The molecule has 0 unspecified atom stereocenters. The topological polar surface area (TPSA) is 32.3 Å². The van der Waals surface area contributed by atoms with Gasteiger partial charge in [-0.2, -0.15) is 11.3 Å². The minimum atomic E-state index is -0.184. The van der Waals surface area contributed by atoms with Crippen LogP contribution in [0.25, 0.3) is 0 Å². The molecule has 4 heteroatoms. The summed E-state index contributed by atoms with van der Waals surface area (Å²) in [6.07, 6.45) is -0.184. The van der Waals surface area contributed by atoms with Crippen molar-refractivity contribution in [2.75, 3.05) is 10.2 Å². The van der Waals surface area contributed by atoms with Crippen LogP contribution >= 0.6 is 11.3 Å². The van der Waals surface area contributed by atoms with Crippen LogP contribution in [0.1, 0.15) is 22.1 Å². The smallest absolute Gasteiger partial charge is 0.262 e. The maximum absolute atomic E-state index is 13.0. The van der Waals surface area contributed by atoms with Crippen LogP contribution in [-0.2, 0) is 0 Å². The van der Waals surface area contributed by atoms with Gasteiger partial charge in [-0.05, 0) is 41.1 Å². The van der Waals surface area contributed by atoms with Crippen molar-refractivity contribution in [2.45, 2.75) is 6.17 Å². The molecule has 1 aromatic heterocycles. The van der Waals surface area contributed by atoms with Crippen LogP contribution in [0.2, 0.25) is 0 Å². The molecular formula is C18H14N2OS. The molecule has 3 aromatic rings. The summed E-state index contributed by atoms with van der Waals surface area (Å²) in [5.74, 6) is 0.0248. The third-order valence-electron chi connectivity index (χ3n) is 3.82. The number of carbonyl (C=O) groups is 1. The number of rotatable bonds is 2. The summed E-state index contributed by atoms with van der Waals surface area (Å²) in [6, 6.07) is 19.5. The lowest BCUT2D eigenvalue weighted by molar-refractivity contribution is 0.0975. The highest BCUT2D eigenvalue weighted by atomic mass is 32.1. The van der Waals surface area contributed by atoms with E-state index in [1.54, 1.807) is 11.3 Å². The number of nitrogens with zero attached hydrogens (tertiary/aromatic N) is 1. The van der Waals surface area contributed by atoms with Crippen molar-refractivity contribution in [1.29, 1.82) is 0 Å². The molecule has 0 spiro atoms. The van der Waals surface area contributed by atoms with Crippen molar-refractivity contribution >= 4 is 28.6 Å². The third-order valence-corrected chi connectivity index (χ3v) is 4.52. The second-order valence-electron chi connectivity index (χ2n) is 5.16. The van der Waals surface area contributed by atoms with Gasteiger partial charge in [-0.25, -0.2) is 0 Å². The standard InChI is InChI=1S/C18H14N2OS/c21-18-15-8-4-5-9-16(15)19-17(13-10-11-22-12-13)20(18)14-6-2-1-3-7-14/h1-12,17,19H/t17-/m1/s1. The summed E-state index contributed by atoms with van der Waals surface area (Å²) in [4.78, 5) is 14.8. The highest BCUT2D eigenvalue weighted by molar-refractivity contribution is 7.08. The van der Waals surface area contributed by atoms with Gasteiger partial charge < -0.3 is 5.32 Å². The molecule has 3 nitrogen and oxygen atoms in total. The number of para-hydroxylation sites is 2. The Labute approximate surface area is 132 Å². The Bertz CT molecular complexity index is 799. The minimum absolute atomic E-state index is 0.0248. The first-order chi connectivity index (χ1) is 10.8. The Morgan fingerprint density at radius 1 is 0.955 bits per heavy atom. The Morgan fingerprint density at radius 2 is 1.73 bits per heavy atom. The summed E-state index contributed by atoms with van der Waals surface area (Å²) < 4.78 is 0. The van der Waals surface area contributed by atoms with E-state index in [1.807, 2.05) is 64.9 Å². The highest BCUT2D eigenvalue weighted by Gasteiger charge is 2.33. The number of amides is 1. The SMILES string of the molecule is O=C1c2ccccc2N[C@@H](c2ccsc2)N1c1ccccc1. The van der Waals surface area contributed by atoms with E-state index < -0.39 is 0 Å². The molecule has 2 heterocycles. The first-order valence-corrected chi connectivity index (χ1v) is 8.05. The van der Waals surface area contributed by atoms with Crippen molar-refractivity contribution in [2.24, 2.45) is 0 Å². The largest absolute Gasteiger partial charge is 0.360 e. The van der Waals surface area contributed by atoms with Crippen LogP contribution in [0.5, 0.6) is 0 Å². The van der Waals surface area contributed by atoms with Crippen LogP contribution < -0.4 is 10.2 Å². The summed E-state index contributed by atoms with van der Waals surface area (Å²) in [5, 5.41) is 7.60. The highest BCUT2D eigenvalue weighted by Crippen LogP contribution is 2.36. The minimum Gasteiger partial charge on any atom is -0.360 e. The third kappa shape index (κ3) is 2.09. The van der Waals surface area contributed by atoms with Crippen LogP contribution in [-0.4, -0.2) is 5.91 Å². The molecular weight excluding hydrogens is 292 g/mol. The van der Waals surface area contributed by atoms with E-state index in [9.17, 15) is 4.79 Å². The Kier molecular flexibility index (Phi) is 3.16. The first kappa shape index (κ1) is 13.1. The average molecular weight is 306 g/mol. The number of nitrogens with one attached hydrogen (secondary N) is 1. The average Bonchev–Trinajstić information content (AvgIpc) is 3.10. The molecule has 22 heavy (non-hydrogen) atoms. The van der Waals surface area contributed by atoms with E-state index in [0.29, 0.717) is 5.56 Å². The zero-order chi connectivity index (χ0) is 14.9. The van der Waals surface area contributed by atoms with Gasteiger partial charge in [-0.15, -0.1) is 0 Å². The number of hydrogen-bond acceptors (Lipinski definition) is 3. The van der Waals surface area contributed by atoms with Crippen LogP contribution in [0.4, 0.5) is 11.4 Å². The van der Waals surface area contributed by atoms with Gasteiger partial charge in [0.1, 0.15) is 6.17 Å². The van der Waals surface area contributed by atoms with Gasteiger partial charge in [-0.3, -0.25) is 9.69 Å². The summed E-state index contributed by atoms with van der Waals surface area (Å²) in [7, 11) is 0. The molecule has 108 valence electrons. The maximum Gasteiger partial charge on any atom is 0.262 e. The monoisotopic (exact) mass is 306 g/mol. The zero-order valence-corrected chi connectivity index (χ0v) is 12.6. The molecule has 0 bridgehead atoms. The summed E-state index contributed by atoms with van der Waals surface area (Å²) in [6.45, 7) is 0. The van der Waals surface area contributed by atoms with Crippen molar-refractivity contribution < 1.29 is 4.79 Å². The lowest BCUT2D eigenvalue weighted by Crippen LogP contribution is -2.43. The van der Waals surface area contributed by atoms with Crippen molar-refractivity contribution in [3.05, 3.63) is 82.6 Å². The van der Waals surface area contributed by atoms with Gasteiger partial charge in [0.15, 0.2) is 0 Å². The van der Waals surface area contributed by atoms with E-state index in [-0.39, 0.29) is 12.1 Å². The normalized spacial score (nSPS) is 17.0. The molecule has 2 aromatic carbocycles. The number of thiophene rings is 1. The molecule has 0 aliphatic carbocycles. The van der Waals surface area contributed by atoms with E-state index in [4.69, 9.17) is 0 Å². The molecule has 0 saturated carbocycles. The molecule has 1 aliphatic heterocycles. The van der Waals surface area contributed by atoms with Crippen molar-refractivity contribution in [3.8, 4) is 0 Å². The van der Waals surface area contributed by atoms with E-state index >= 15 is 0 Å². The van der Waals surface area contributed by atoms with E-state index in [2.05, 4.69) is 16.8 Å². The van der Waals surface area contributed by atoms with E-state index in [0.717, 1.165) is 16.9 Å². The van der Waals surface area contributed by atoms with Gasteiger partial charge in [0, 0.05) is 16.9 Å². The summed E-state index contributed by atoms with van der Waals surface area (Å²) in [5.41, 5.74) is 3.58. The second-order valence-corrected chi connectivity index (χ2v) is 5.94. The van der Waals surface area contributed by atoms with Crippen molar-refractivity contribution in [1.82, 2.24) is 0 Å². The van der Waals surface area contributed by atoms with Crippen LogP contribution in [0, 0.1) is 0 Å². The van der Waals surface area contributed by atoms with Gasteiger partial charge in [-0.1, -0.05) is 30.3 Å². The molecule has 1 N–H and O–H groups in total. The molecule has 0 saturated heterocycles. The number of benzene rings is 2. The van der Waals surface area contributed by atoms with Gasteiger partial charge in [0.25, 0.3) is 5.91 Å². The predicted octanol–water partition coefficient (Wildman–Crippen LogP) is 4.52. The van der Waals surface area contributed by atoms with Gasteiger partial charge in [0.05, 0.1) is 5.56 Å². The molecule has 1 amide bonds. The second kappa shape index (κ2) is 5.31. The quantitative estimate of drug-likeness (QED) is 0.755. The number of carbonyl (C=O) groups excluding carboxylic acids is 1. The number of hydrogen-bond donors (Lipinski definition) is 1. The molecule has 1 aliphatic rings. The number of fused-ring (bicyclic) bond motifs is 1. The van der Waals surface area contributed by atoms with Gasteiger partial charge >= 0.3 is 0 Å². The molecule has 0 fully saturated rings. The first-order valence-electron chi connectivity index (χ1n) is 7.11. The fourth-order valence-electron chi connectivity index (χ4n) is 2.77. The molecule has 1 atom stereocenters. The van der Waals surface area contributed by atoms with E-state index in [1.165, 1.54) is 0 Å². The lowest BCUT2D eigenvalue weighted by Gasteiger charge is -2.37. The van der Waals surface area contributed by atoms with Gasteiger partial charge in [0.2, 0.25) is 0 Å². The number of anilines is 2.